The Balaban J connectivity index is 1.49. The molecule has 2 saturated heterocycles. The smallest absolute Gasteiger partial charge is 0.249 e. The van der Waals surface area contributed by atoms with Gasteiger partial charge >= 0.3 is 0 Å². The van der Waals surface area contributed by atoms with Crippen LogP contribution in [0.4, 0.5) is 0 Å². The van der Waals surface area contributed by atoms with Crippen molar-refractivity contribution in [3.05, 3.63) is 11.1 Å². The van der Waals surface area contributed by atoms with Gasteiger partial charge in [0.05, 0.1) is 6.04 Å². The average molecular weight is 333 g/mol. The Morgan fingerprint density at radius 1 is 1.17 bits per heavy atom. The molecule has 3 fully saturated rings. The number of hydrogen-bond acceptors (Lipinski definition) is 3. The molecular weight excluding hydrogens is 302 g/mol. The van der Waals surface area contributed by atoms with Crippen molar-refractivity contribution >= 4 is 11.8 Å². The van der Waals surface area contributed by atoms with Crippen LogP contribution in [-0.2, 0) is 9.59 Å². The van der Waals surface area contributed by atoms with Gasteiger partial charge in [-0.3, -0.25) is 9.59 Å². The number of carbonyl (C=O) groups is 2. The number of nitrogens with one attached hydrogen (secondary N) is 2. The van der Waals surface area contributed by atoms with E-state index in [9.17, 15) is 9.59 Å². The van der Waals surface area contributed by atoms with Gasteiger partial charge in [-0.25, -0.2) is 0 Å². The van der Waals surface area contributed by atoms with Crippen molar-refractivity contribution in [3.63, 3.8) is 0 Å². The quantitative estimate of drug-likeness (QED) is 0.774. The molecule has 0 spiro atoms. The van der Waals surface area contributed by atoms with Crippen LogP contribution in [0.3, 0.4) is 0 Å². The highest BCUT2D eigenvalue weighted by atomic mass is 16.2. The van der Waals surface area contributed by atoms with Gasteiger partial charge in [-0.05, 0) is 70.8 Å². The van der Waals surface area contributed by atoms with Crippen LogP contribution in [0.1, 0.15) is 58.3 Å². The number of nitrogens with zero attached hydrogens (tertiary/aromatic N) is 1. The zero-order chi connectivity index (χ0) is 16.9. The van der Waals surface area contributed by atoms with Crippen molar-refractivity contribution in [2.45, 2.75) is 64.3 Å². The first-order chi connectivity index (χ1) is 11.6. The highest BCUT2D eigenvalue weighted by Gasteiger charge is 2.27. The fraction of sp³-hybridized carbons (Fsp3) is 0.789. The number of hydrogen-bond donors (Lipinski definition) is 2. The van der Waals surface area contributed by atoms with Gasteiger partial charge in [0.1, 0.15) is 0 Å². The zero-order valence-corrected chi connectivity index (χ0v) is 14.9. The minimum absolute atomic E-state index is 0.0133. The largest absolute Gasteiger partial charge is 0.354 e. The molecule has 3 aliphatic rings. The first-order valence-corrected chi connectivity index (χ1v) is 9.64. The maximum absolute atomic E-state index is 12.7. The van der Waals surface area contributed by atoms with E-state index < -0.39 is 0 Å². The highest BCUT2D eigenvalue weighted by molar-refractivity contribution is 5.93. The van der Waals surface area contributed by atoms with Crippen molar-refractivity contribution in [1.82, 2.24) is 15.5 Å². The van der Waals surface area contributed by atoms with E-state index in [0.29, 0.717) is 12.5 Å². The van der Waals surface area contributed by atoms with Crippen molar-refractivity contribution in [2.75, 3.05) is 26.2 Å². The lowest BCUT2D eigenvalue weighted by Crippen LogP contribution is -2.47. The number of carbonyl (C=O) groups excluding carboxylic acids is 2. The van der Waals surface area contributed by atoms with E-state index in [-0.39, 0.29) is 17.9 Å². The van der Waals surface area contributed by atoms with Crippen molar-refractivity contribution in [1.29, 1.82) is 0 Å². The summed E-state index contributed by atoms with van der Waals surface area (Å²) >= 11 is 0. The molecule has 5 nitrogen and oxygen atoms in total. The molecule has 2 unspecified atom stereocenters. The molecule has 3 rings (SSSR count). The molecule has 2 heterocycles. The standard InChI is InChI=1S/C19H31N3O2/c1-14(16-7-2-3-8-16)19(24)22-11-5-6-15(13-22)12-21-18(23)17-9-4-10-20-17/h15,17,20H,2-13H2,1H3,(H,21,23). The predicted octanol–water partition coefficient (Wildman–Crippen LogP) is 1.98. The van der Waals surface area contributed by atoms with Gasteiger partial charge in [-0.1, -0.05) is 5.57 Å². The fourth-order valence-electron chi connectivity index (χ4n) is 4.26. The van der Waals surface area contributed by atoms with Gasteiger partial charge in [-0.2, -0.15) is 0 Å². The number of amides is 2. The fourth-order valence-corrected chi connectivity index (χ4v) is 4.26. The van der Waals surface area contributed by atoms with E-state index in [1.807, 2.05) is 11.8 Å². The van der Waals surface area contributed by atoms with Crippen LogP contribution in [0.15, 0.2) is 11.1 Å². The molecule has 0 aromatic heterocycles. The summed E-state index contributed by atoms with van der Waals surface area (Å²) in [6.07, 6.45) is 8.80. The van der Waals surface area contributed by atoms with Crippen molar-refractivity contribution in [3.8, 4) is 0 Å². The molecule has 2 atom stereocenters. The second kappa shape index (κ2) is 8.15. The van der Waals surface area contributed by atoms with Crippen LogP contribution in [0, 0.1) is 5.92 Å². The Bertz CT molecular complexity index is 501. The summed E-state index contributed by atoms with van der Waals surface area (Å²) in [7, 11) is 0. The summed E-state index contributed by atoms with van der Waals surface area (Å²) < 4.78 is 0. The Labute approximate surface area is 145 Å². The molecule has 0 bridgehead atoms. The average Bonchev–Trinajstić information content (AvgIpc) is 3.32. The van der Waals surface area contributed by atoms with Gasteiger partial charge in [-0.15, -0.1) is 0 Å². The van der Waals surface area contributed by atoms with Crippen LogP contribution in [-0.4, -0.2) is 48.9 Å². The summed E-state index contributed by atoms with van der Waals surface area (Å²) in [6, 6.07) is -0.0133. The third kappa shape index (κ3) is 4.18. The highest BCUT2D eigenvalue weighted by Crippen LogP contribution is 2.28. The summed E-state index contributed by atoms with van der Waals surface area (Å²) in [4.78, 5) is 26.9. The normalized spacial score (nSPS) is 27.4. The van der Waals surface area contributed by atoms with Crippen molar-refractivity contribution in [2.24, 2.45) is 5.92 Å². The SMILES string of the molecule is CC(C(=O)N1CCCC(CNC(=O)C2CCCN2)C1)=C1CCCC1. The monoisotopic (exact) mass is 333 g/mol. The molecule has 2 aliphatic heterocycles. The van der Waals surface area contributed by atoms with Gasteiger partial charge in [0, 0.05) is 25.2 Å². The third-order valence-corrected chi connectivity index (χ3v) is 5.81. The van der Waals surface area contributed by atoms with E-state index in [2.05, 4.69) is 10.6 Å². The van der Waals surface area contributed by atoms with Crippen LogP contribution in [0.2, 0.25) is 0 Å². The number of piperidine rings is 1. The van der Waals surface area contributed by atoms with Gasteiger partial charge in [0.25, 0.3) is 0 Å². The van der Waals surface area contributed by atoms with E-state index in [1.165, 1.54) is 18.4 Å². The van der Waals surface area contributed by atoms with E-state index in [0.717, 1.165) is 63.7 Å². The van der Waals surface area contributed by atoms with Gasteiger partial charge < -0.3 is 15.5 Å². The lowest BCUT2D eigenvalue weighted by Gasteiger charge is -2.33. The maximum Gasteiger partial charge on any atom is 0.249 e. The summed E-state index contributed by atoms with van der Waals surface area (Å²) in [5.74, 6) is 0.732. The van der Waals surface area contributed by atoms with Gasteiger partial charge in [0.15, 0.2) is 0 Å². The lowest BCUT2D eigenvalue weighted by atomic mass is 9.96. The molecule has 1 saturated carbocycles. The van der Waals surface area contributed by atoms with Crippen LogP contribution >= 0.6 is 0 Å². The second-order valence-corrected chi connectivity index (χ2v) is 7.59. The molecular formula is C19H31N3O2. The summed E-state index contributed by atoms with van der Waals surface area (Å²) in [5, 5.41) is 6.32. The van der Waals surface area contributed by atoms with E-state index >= 15 is 0 Å². The molecule has 0 aromatic rings. The number of allylic oxidation sites excluding steroid dienone is 1. The first-order valence-electron chi connectivity index (χ1n) is 9.64. The molecule has 0 aromatic carbocycles. The Kier molecular flexibility index (Phi) is 5.93. The molecule has 5 heteroatoms. The molecule has 2 amide bonds. The Morgan fingerprint density at radius 2 is 1.96 bits per heavy atom. The molecule has 24 heavy (non-hydrogen) atoms. The predicted molar refractivity (Wildman–Crippen MR) is 94.5 cm³/mol. The van der Waals surface area contributed by atoms with Crippen LogP contribution < -0.4 is 10.6 Å². The summed E-state index contributed by atoms with van der Waals surface area (Å²) in [5.41, 5.74) is 2.34. The lowest BCUT2D eigenvalue weighted by molar-refractivity contribution is -0.128. The van der Waals surface area contributed by atoms with E-state index in [1.54, 1.807) is 0 Å². The molecule has 0 radical (unpaired) electrons. The molecule has 134 valence electrons. The minimum Gasteiger partial charge on any atom is -0.354 e. The van der Waals surface area contributed by atoms with Crippen LogP contribution in [0.5, 0.6) is 0 Å². The second-order valence-electron chi connectivity index (χ2n) is 7.59. The minimum atomic E-state index is -0.0133. The third-order valence-electron chi connectivity index (χ3n) is 5.81. The molecule has 2 N–H and O–H groups in total. The zero-order valence-electron chi connectivity index (χ0n) is 14.9. The number of rotatable bonds is 4. The first kappa shape index (κ1) is 17.5. The maximum atomic E-state index is 12.7. The van der Waals surface area contributed by atoms with E-state index in [4.69, 9.17) is 0 Å². The van der Waals surface area contributed by atoms with Crippen molar-refractivity contribution < 1.29 is 9.59 Å². The Morgan fingerprint density at radius 3 is 2.67 bits per heavy atom. The topological polar surface area (TPSA) is 61.4 Å². The van der Waals surface area contributed by atoms with Crippen LogP contribution in [0.25, 0.3) is 0 Å². The summed E-state index contributed by atoms with van der Waals surface area (Å²) in [6.45, 7) is 5.27. The van der Waals surface area contributed by atoms with Gasteiger partial charge in [0.2, 0.25) is 11.8 Å². The Hall–Kier alpha value is -1.36. The number of likely N-dealkylation sites (tertiary alicyclic amines) is 1. The molecule has 1 aliphatic carbocycles.